The van der Waals surface area contributed by atoms with Gasteiger partial charge in [0, 0.05) is 44.0 Å². The second-order valence-corrected chi connectivity index (χ2v) is 7.06. The first kappa shape index (κ1) is 19.9. The smallest absolute Gasteiger partial charge is 0.268 e. The molecule has 0 unspecified atom stereocenters. The van der Waals surface area contributed by atoms with E-state index in [9.17, 15) is 4.79 Å². The van der Waals surface area contributed by atoms with Crippen LogP contribution in [0.4, 0.5) is 5.82 Å². The molecule has 1 aromatic carbocycles. The third-order valence-corrected chi connectivity index (χ3v) is 5.23. The molecular weight excluding hydrogens is 382 g/mol. The van der Waals surface area contributed by atoms with Crippen LogP contribution in [0.15, 0.2) is 59.5 Å². The molecule has 0 radical (unpaired) electrons. The molecule has 8 nitrogen and oxygen atoms in total. The predicted octanol–water partition coefficient (Wildman–Crippen LogP) is 2.10. The summed E-state index contributed by atoms with van der Waals surface area (Å²) >= 11 is 0. The van der Waals surface area contributed by atoms with E-state index >= 15 is 0 Å². The summed E-state index contributed by atoms with van der Waals surface area (Å²) in [5.41, 5.74) is 1.45. The van der Waals surface area contributed by atoms with E-state index in [4.69, 9.17) is 9.47 Å². The maximum atomic E-state index is 12.4. The Kier molecular flexibility index (Phi) is 5.94. The van der Waals surface area contributed by atoms with Crippen LogP contribution in [0.3, 0.4) is 0 Å². The highest BCUT2D eigenvalue weighted by Crippen LogP contribution is 2.31. The molecule has 1 fully saturated rings. The molecule has 30 heavy (non-hydrogen) atoms. The fourth-order valence-electron chi connectivity index (χ4n) is 3.55. The van der Waals surface area contributed by atoms with Crippen LogP contribution >= 0.6 is 0 Å². The number of piperazine rings is 1. The third kappa shape index (κ3) is 4.28. The molecule has 2 aromatic heterocycles. The number of hydrogen-bond acceptors (Lipinski definition) is 7. The van der Waals surface area contributed by atoms with Gasteiger partial charge in [0.1, 0.15) is 5.82 Å². The van der Waals surface area contributed by atoms with E-state index < -0.39 is 0 Å². The lowest BCUT2D eigenvalue weighted by molar-refractivity contribution is 0.191. The molecule has 3 aromatic rings. The van der Waals surface area contributed by atoms with E-state index in [2.05, 4.69) is 19.9 Å². The van der Waals surface area contributed by atoms with Crippen LogP contribution in [0.2, 0.25) is 0 Å². The number of methoxy groups -OCH3 is 2. The minimum Gasteiger partial charge on any atom is -0.493 e. The van der Waals surface area contributed by atoms with Crippen LogP contribution in [-0.2, 0) is 6.67 Å². The van der Waals surface area contributed by atoms with E-state index in [1.54, 1.807) is 26.4 Å². The summed E-state index contributed by atoms with van der Waals surface area (Å²) in [6.07, 6.45) is 1.81. The van der Waals surface area contributed by atoms with Gasteiger partial charge in [-0.05, 0) is 36.4 Å². The van der Waals surface area contributed by atoms with E-state index in [0.717, 1.165) is 37.6 Å². The number of aromatic nitrogens is 3. The number of benzene rings is 1. The molecule has 1 saturated heterocycles. The topological polar surface area (TPSA) is 72.7 Å². The number of anilines is 1. The lowest BCUT2D eigenvalue weighted by Gasteiger charge is -2.35. The SMILES string of the molecule is COc1ccc(-c2ccc(=O)n(CN3CCN(c4ccccn4)CC3)n2)cc1OC. The van der Waals surface area contributed by atoms with Gasteiger partial charge in [0.25, 0.3) is 5.56 Å². The van der Waals surface area contributed by atoms with Crippen LogP contribution in [-0.4, -0.2) is 60.1 Å². The van der Waals surface area contributed by atoms with Crippen molar-refractivity contribution >= 4 is 5.82 Å². The summed E-state index contributed by atoms with van der Waals surface area (Å²) in [4.78, 5) is 21.3. The molecule has 1 aliphatic heterocycles. The van der Waals surface area contributed by atoms with Crippen molar-refractivity contribution in [3.8, 4) is 22.8 Å². The molecule has 0 aliphatic carbocycles. The zero-order valence-electron chi connectivity index (χ0n) is 17.2. The molecule has 0 spiro atoms. The van der Waals surface area contributed by atoms with Crippen molar-refractivity contribution in [3.63, 3.8) is 0 Å². The van der Waals surface area contributed by atoms with Gasteiger partial charge in [-0.1, -0.05) is 6.07 Å². The quantitative estimate of drug-likeness (QED) is 0.620. The molecule has 0 N–H and O–H groups in total. The molecule has 0 atom stereocenters. The van der Waals surface area contributed by atoms with Crippen LogP contribution in [0.1, 0.15) is 0 Å². The van der Waals surface area contributed by atoms with Crippen molar-refractivity contribution in [2.75, 3.05) is 45.3 Å². The first-order valence-corrected chi connectivity index (χ1v) is 9.87. The predicted molar refractivity (Wildman–Crippen MR) is 115 cm³/mol. The molecular formula is C22H25N5O3. The Bertz CT molecular complexity index is 1050. The molecule has 1 aliphatic rings. The first-order chi connectivity index (χ1) is 14.7. The second-order valence-electron chi connectivity index (χ2n) is 7.06. The summed E-state index contributed by atoms with van der Waals surface area (Å²) in [5.74, 6) is 2.27. The van der Waals surface area contributed by atoms with Crippen molar-refractivity contribution in [1.29, 1.82) is 0 Å². The van der Waals surface area contributed by atoms with Gasteiger partial charge in [0.15, 0.2) is 11.5 Å². The van der Waals surface area contributed by atoms with Gasteiger partial charge >= 0.3 is 0 Å². The number of hydrogen-bond donors (Lipinski definition) is 0. The summed E-state index contributed by atoms with van der Waals surface area (Å²) < 4.78 is 12.2. The van der Waals surface area contributed by atoms with Gasteiger partial charge in [-0.15, -0.1) is 0 Å². The van der Waals surface area contributed by atoms with Gasteiger partial charge in [-0.25, -0.2) is 9.67 Å². The minimum atomic E-state index is -0.119. The van der Waals surface area contributed by atoms with Crippen molar-refractivity contribution in [1.82, 2.24) is 19.7 Å². The van der Waals surface area contributed by atoms with Gasteiger partial charge < -0.3 is 14.4 Å². The zero-order chi connectivity index (χ0) is 20.9. The van der Waals surface area contributed by atoms with Gasteiger partial charge in [0.05, 0.1) is 26.6 Å². The molecule has 3 heterocycles. The van der Waals surface area contributed by atoms with Crippen LogP contribution < -0.4 is 19.9 Å². The van der Waals surface area contributed by atoms with Crippen molar-refractivity contribution in [3.05, 3.63) is 65.1 Å². The second kappa shape index (κ2) is 8.96. The fraction of sp³-hybridized carbons (Fsp3) is 0.318. The normalized spacial score (nSPS) is 14.5. The summed E-state index contributed by atoms with van der Waals surface area (Å²) in [5, 5.41) is 4.58. The van der Waals surface area contributed by atoms with Crippen molar-refractivity contribution in [2.45, 2.75) is 6.67 Å². The van der Waals surface area contributed by atoms with E-state index in [-0.39, 0.29) is 5.56 Å². The van der Waals surface area contributed by atoms with Crippen molar-refractivity contribution < 1.29 is 9.47 Å². The fourth-order valence-corrected chi connectivity index (χ4v) is 3.55. The maximum Gasteiger partial charge on any atom is 0.268 e. The molecule has 156 valence electrons. The van der Waals surface area contributed by atoms with Gasteiger partial charge in [-0.3, -0.25) is 9.69 Å². The Morgan fingerprint density at radius 3 is 2.43 bits per heavy atom. The summed E-state index contributed by atoms with van der Waals surface area (Å²) in [6.45, 7) is 3.86. The summed E-state index contributed by atoms with van der Waals surface area (Å²) in [7, 11) is 3.20. The van der Waals surface area contributed by atoms with E-state index in [1.807, 2.05) is 42.6 Å². The lowest BCUT2D eigenvalue weighted by Crippen LogP contribution is -2.48. The molecule has 0 bridgehead atoms. The van der Waals surface area contributed by atoms with Gasteiger partial charge in [-0.2, -0.15) is 5.10 Å². The Hall–Kier alpha value is -3.39. The largest absolute Gasteiger partial charge is 0.493 e. The number of nitrogens with zero attached hydrogens (tertiary/aromatic N) is 5. The highest BCUT2D eigenvalue weighted by atomic mass is 16.5. The number of pyridine rings is 1. The van der Waals surface area contributed by atoms with Crippen LogP contribution in [0.25, 0.3) is 11.3 Å². The van der Waals surface area contributed by atoms with E-state index in [0.29, 0.717) is 23.9 Å². The summed E-state index contributed by atoms with van der Waals surface area (Å²) in [6, 6.07) is 14.8. The molecule has 0 saturated carbocycles. The lowest BCUT2D eigenvalue weighted by atomic mass is 10.1. The Balaban J connectivity index is 1.48. The first-order valence-electron chi connectivity index (χ1n) is 9.87. The standard InChI is InChI=1S/C22H25N5O3/c1-29-19-8-6-17(15-20(19)30-2)18-7-9-22(28)27(24-18)16-25-11-13-26(14-12-25)21-5-3-4-10-23-21/h3-10,15H,11-14,16H2,1-2H3. The highest BCUT2D eigenvalue weighted by molar-refractivity contribution is 5.63. The third-order valence-electron chi connectivity index (χ3n) is 5.23. The van der Waals surface area contributed by atoms with Crippen LogP contribution in [0.5, 0.6) is 11.5 Å². The number of ether oxygens (including phenoxy) is 2. The van der Waals surface area contributed by atoms with E-state index in [1.165, 1.54) is 4.68 Å². The average Bonchev–Trinajstić information content (AvgIpc) is 2.81. The Morgan fingerprint density at radius 2 is 1.73 bits per heavy atom. The minimum absolute atomic E-state index is 0.119. The highest BCUT2D eigenvalue weighted by Gasteiger charge is 2.19. The van der Waals surface area contributed by atoms with Crippen LogP contribution in [0, 0.1) is 0 Å². The maximum absolute atomic E-state index is 12.4. The molecule has 0 amide bonds. The molecule has 8 heteroatoms. The van der Waals surface area contributed by atoms with Gasteiger partial charge in [0.2, 0.25) is 0 Å². The Labute approximate surface area is 175 Å². The number of rotatable bonds is 6. The molecule has 4 rings (SSSR count). The average molecular weight is 407 g/mol. The zero-order valence-corrected chi connectivity index (χ0v) is 17.2. The Morgan fingerprint density at radius 1 is 0.933 bits per heavy atom. The monoisotopic (exact) mass is 407 g/mol. The van der Waals surface area contributed by atoms with Crippen molar-refractivity contribution in [2.24, 2.45) is 0 Å².